The van der Waals surface area contributed by atoms with Gasteiger partial charge in [0.1, 0.15) is 5.75 Å². The molecule has 1 fully saturated rings. The minimum absolute atomic E-state index is 0.0228. The monoisotopic (exact) mass is 368 g/mol. The normalized spacial score (nSPS) is 20.2. The van der Waals surface area contributed by atoms with Crippen molar-refractivity contribution >= 4 is 5.91 Å². The zero-order valence-corrected chi connectivity index (χ0v) is 14.1. The predicted molar refractivity (Wildman–Crippen MR) is 87.3 cm³/mol. The van der Waals surface area contributed by atoms with E-state index >= 15 is 0 Å². The van der Waals surface area contributed by atoms with E-state index in [9.17, 15) is 18.0 Å². The summed E-state index contributed by atoms with van der Waals surface area (Å²) in [4.78, 5) is 12.6. The van der Waals surface area contributed by atoms with Gasteiger partial charge in [0.2, 0.25) is 5.91 Å². The highest BCUT2D eigenvalue weighted by Crippen LogP contribution is 2.29. The van der Waals surface area contributed by atoms with Crippen molar-refractivity contribution in [2.45, 2.75) is 18.8 Å². The lowest BCUT2D eigenvalue weighted by molar-refractivity contribution is -0.274. The van der Waals surface area contributed by atoms with Crippen molar-refractivity contribution in [1.82, 2.24) is 20.4 Å². The van der Waals surface area contributed by atoms with Crippen LogP contribution in [0.3, 0.4) is 0 Å². The molecule has 1 amide bonds. The van der Waals surface area contributed by atoms with Gasteiger partial charge in [-0.3, -0.25) is 9.48 Å². The number of rotatable bonds is 5. The Morgan fingerprint density at radius 3 is 2.85 bits per heavy atom. The number of halogens is 3. The first kappa shape index (κ1) is 18.2. The predicted octanol–water partition coefficient (Wildman–Crippen LogP) is 1.94. The second-order valence-corrected chi connectivity index (χ2v) is 6.19. The van der Waals surface area contributed by atoms with E-state index in [1.165, 1.54) is 18.2 Å². The Balaban J connectivity index is 1.66. The third-order valence-electron chi connectivity index (χ3n) is 4.36. The topological polar surface area (TPSA) is 68.2 Å². The molecule has 0 saturated carbocycles. The van der Waals surface area contributed by atoms with Crippen LogP contribution < -0.4 is 15.4 Å². The van der Waals surface area contributed by atoms with E-state index in [0.717, 1.165) is 5.56 Å². The third-order valence-corrected chi connectivity index (χ3v) is 4.36. The quantitative estimate of drug-likeness (QED) is 0.846. The number of aromatic nitrogens is 2. The molecule has 2 aromatic rings. The smallest absolute Gasteiger partial charge is 0.405 e. The van der Waals surface area contributed by atoms with Gasteiger partial charge in [-0.05, 0) is 11.6 Å². The number of alkyl halides is 3. The molecule has 3 rings (SSSR count). The van der Waals surface area contributed by atoms with Crippen LogP contribution in [0.2, 0.25) is 0 Å². The van der Waals surface area contributed by atoms with Crippen molar-refractivity contribution in [1.29, 1.82) is 0 Å². The molecule has 9 heteroatoms. The molecule has 0 bridgehead atoms. The molecule has 2 heterocycles. The second-order valence-electron chi connectivity index (χ2n) is 6.19. The van der Waals surface area contributed by atoms with Crippen LogP contribution in [0.1, 0.15) is 17.0 Å². The van der Waals surface area contributed by atoms with Crippen molar-refractivity contribution in [2.75, 3.05) is 13.1 Å². The molecule has 0 aliphatic carbocycles. The molecule has 1 aliphatic heterocycles. The fourth-order valence-corrected chi connectivity index (χ4v) is 3.12. The molecule has 6 nitrogen and oxygen atoms in total. The van der Waals surface area contributed by atoms with Gasteiger partial charge in [0.25, 0.3) is 0 Å². The Morgan fingerprint density at radius 2 is 2.15 bits per heavy atom. The number of para-hydroxylation sites is 1. The number of aryl methyl sites for hydroxylation is 1. The maximum absolute atomic E-state index is 12.6. The fraction of sp³-hybridized carbons (Fsp3) is 0.412. The number of ether oxygens (including phenoxy) is 1. The summed E-state index contributed by atoms with van der Waals surface area (Å²) in [5.74, 6) is -0.861. The van der Waals surface area contributed by atoms with Gasteiger partial charge >= 0.3 is 6.36 Å². The van der Waals surface area contributed by atoms with Crippen molar-refractivity contribution in [2.24, 2.45) is 13.0 Å². The zero-order chi connectivity index (χ0) is 18.7. The fourth-order valence-electron chi connectivity index (χ4n) is 3.12. The Morgan fingerprint density at radius 1 is 1.38 bits per heavy atom. The van der Waals surface area contributed by atoms with Gasteiger partial charge in [0, 0.05) is 44.4 Å². The summed E-state index contributed by atoms with van der Waals surface area (Å²) in [6.07, 6.45) is -1.18. The number of carbonyl (C=O) groups is 1. The Labute approximate surface area is 148 Å². The highest BCUT2D eigenvalue weighted by molar-refractivity contribution is 5.80. The van der Waals surface area contributed by atoms with Gasteiger partial charge in [-0.25, -0.2) is 0 Å². The first-order chi connectivity index (χ1) is 12.3. The van der Waals surface area contributed by atoms with Crippen molar-refractivity contribution in [3.63, 3.8) is 0 Å². The molecular weight excluding hydrogens is 349 g/mol. The summed E-state index contributed by atoms with van der Waals surface area (Å²) in [7, 11) is 1.80. The highest BCUT2D eigenvalue weighted by Gasteiger charge is 2.35. The van der Waals surface area contributed by atoms with Gasteiger partial charge in [-0.2, -0.15) is 5.10 Å². The molecule has 1 saturated heterocycles. The van der Waals surface area contributed by atoms with Crippen molar-refractivity contribution in [3.8, 4) is 5.75 Å². The van der Waals surface area contributed by atoms with Gasteiger partial charge < -0.3 is 15.4 Å². The average molecular weight is 368 g/mol. The Hall–Kier alpha value is -2.55. The molecule has 2 N–H and O–H groups in total. The summed E-state index contributed by atoms with van der Waals surface area (Å²) in [6.45, 7) is 1.12. The Kier molecular flexibility index (Phi) is 5.17. The van der Waals surface area contributed by atoms with Crippen molar-refractivity contribution < 1.29 is 22.7 Å². The molecule has 140 valence electrons. The first-order valence-electron chi connectivity index (χ1n) is 8.14. The van der Waals surface area contributed by atoms with Gasteiger partial charge in [-0.15, -0.1) is 13.2 Å². The molecule has 1 aliphatic rings. The highest BCUT2D eigenvalue weighted by atomic mass is 19.4. The number of benzene rings is 1. The third kappa shape index (κ3) is 4.34. The van der Waals surface area contributed by atoms with E-state index in [4.69, 9.17) is 0 Å². The molecule has 26 heavy (non-hydrogen) atoms. The van der Waals surface area contributed by atoms with Crippen molar-refractivity contribution in [3.05, 3.63) is 47.8 Å². The van der Waals surface area contributed by atoms with Crippen LogP contribution in [0.15, 0.2) is 36.7 Å². The Bertz CT molecular complexity index is 775. The lowest BCUT2D eigenvalue weighted by Crippen LogP contribution is -2.34. The summed E-state index contributed by atoms with van der Waals surface area (Å²) in [5, 5.41) is 10.0. The molecule has 1 aromatic carbocycles. The molecule has 0 spiro atoms. The summed E-state index contributed by atoms with van der Waals surface area (Å²) in [5.41, 5.74) is 1.22. The molecule has 0 radical (unpaired) electrons. The van der Waals surface area contributed by atoms with Gasteiger partial charge in [0.15, 0.2) is 0 Å². The van der Waals surface area contributed by atoms with E-state index in [1.54, 1.807) is 24.0 Å². The van der Waals surface area contributed by atoms with Crippen LogP contribution in [0.25, 0.3) is 0 Å². The van der Waals surface area contributed by atoms with Crippen LogP contribution in [0, 0.1) is 5.92 Å². The molecular formula is C17H19F3N4O2. The number of carbonyl (C=O) groups excluding carboxylic acids is 1. The van der Waals surface area contributed by atoms with E-state index in [-0.39, 0.29) is 35.6 Å². The number of hydrogen-bond donors (Lipinski definition) is 2. The average Bonchev–Trinajstić information content (AvgIpc) is 3.21. The molecule has 2 atom stereocenters. The van der Waals surface area contributed by atoms with Gasteiger partial charge in [0.05, 0.1) is 12.1 Å². The lowest BCUT2D eigenvalue weighted by atomic mass is 9.90. The lowest BCUT2D eigenvalue weighted by Gasteiger charge is -2.18. The zero-order valence-electron chi connectivity index (χ0n) is 14.1. The minimum Gasteiger partial charge on any atom is -0.405 e. The number of nitrogens with one attached hydrogen (secondary N) is 2. The van der Waals surface area contributed by atoms with Crippen LogP contribution in [-0.2, 0) is 18.4 Å². The largest absolute Gasteiger partial charge is 0.573 e. The summed E-state index contributed by atoms with van der Waals surface area (Å²) in [6, 6.07) is 5.77. The van der Waals surface area contributed by atoms with E-state index in [0.29, 0.717) is 13.1 Å². The standard InChI is InChI=1S/C17H19F3N4O2/c1-24-10-12(7-23-24)13-8-21-9-14(13)16(25)22-6-11-4-2-3-5-15(11)26-17(18,19)20/h2-5,7,10,13-14,21H,6,8-9H2,1H3,(H,22,25)/t13-,14+/m1/s1. The van der Waals surface area contributed by atoms with Crippen LogP contribution in [0.5, 0.6) is 5.75 Å². The van der Waals surface area contributed by atoms with E-state index < -0.39 is 6.36 Å². The van der Waals surface area contributed by atoms with Crippen LogP contribution in [0.4, 0.5) is 13.2 Å². The molecule has 1 aromatic heterocycles. The number of amides is 1. The van der Waals surface area contributed by atoms with Crippen LogP contribution in [-0.4, -0.2) is 35.1 Å². The van der Waals surface area contributed by atoms with E-state index in [1.807, 2.05) is 6.20 Å². The second kappa shape index (κ2) is 7.36. The van der Waals surface area contributed by atoms with Crippen LogP contribution >= 0.6 is 0 Å². The number of hydrogen-bond acceptors (Lipinski definition) is 4. The molecule has 0 unspecified atom stereocenters. The summed E-state index contributed by atoms with van der Waals surface area (Å²) < 4.78 is 43.1. The number of nitrogens with zero attached hydrogens (tertiary/aromatic N) is 2. The first-order valence-corrected chi connectivity index (χ1v) is 8.14. The maximum Gasteiger partial charge on any atom is 0.573 e. The maximum atomic E-state index is 12.6. The van der Waals surface area contributed by atoms with Gasteiger partial charge in [-0.1, -0.05) is 18.2 Å². The SMILES string of the molecule is Cn1cc([C@H]2CNC[C@@H]2C(=O)NCc2ccccc2OC(F)(F)F)cn1. The minimum atomic E-state index is -4.78. The van der Waals surface area contributed by atoms with E-state index in [2.05, 4.69) is 20.5 Å². The summed E-state index contributed by atoms with van der Waals surface area (Å²) >= 11 is 0.